The van der Waals surface area contributed by atoms with E-state index in [2.05, 4.69) is 9.46 Å². The van der Waals surface area contributed by atoms with E-state index in [4.69, 9.17) is 9.68 Å². The number of sulfonamides is 1. The minimum absolute atomic E-state index is 0.137. The van der Waals surface area contributed by atoms with Crippen molar-refractivity contribution in [1.82, 2.24) is 4.72 Å². The highest BCUT2D eigenvalue weighted by atomic mass is 32.2. The van der Waals surface area contributed by atoms with Crippen molar-refractivity contribution in [3.8, 4) is 17.4 Å². The van der Waals surface area contributed by atoms with Gasteiger partial charge in [0.2, 0.25) is 10.0 Å². The lowest BCUT2D eigenvalue weighted by molar-refractivity contribution is -0.135. The lowest BCUT2D eigenvalue weighted by atomic mass is 10.2. The molecule has 0 unspecified atom stereocenters. The van der Waals surface area contributed by atoms with Gasteiger partial charge in [-0.15, -0.1) is 0 Å². The summed E-state index contributed by atoms with van der Waals surface area (Å²) >= 11 is 0. The molecule has 0 spiro atoms. The Balaban J connectivity index is 2.30. The summed E-state index contributed by atoms with van der Waals surface area (Å²) in [5.41, 5.74) is 0.468. The monoisotopic (exact) mass is 346 g/mol. The van der Waals surface area contributed by atoms with Crippen molar-refractivity contribution in [3.63, 3.8) is 0 Å². The quantitative estimate of drug-likeness (QED) is 0.503. The summed E-state index contributed by atoms with van der Waals surface area (Å²) < 4.78 is 35.6. The second-order valence-corrected chi connectivity index (χ2v) is 6.48. The van der Waals surface area contributed by atoms with Crippen molar-refractivity contribution in [2.75, 3.05) is 14.2 Å². The fourth-order valence-electron chi connectivity index (χ4n) is 1.89. The molecule has 0 aliphatic heterocycles. The molecule has 1 aromatic carbocycles. The normalized spacial score (nSPS) is 11.8. The van der Waals surface area contributed by atoms with Gasteiger partial charge in [-0.05, 0) is 43.4 Å². The molecule has 1 heterocycles. The van der Waals surface area contributed by atoms with Crippen LogP contribution in [0.3, 0.4) is 0 Å². The molecule has 0 saturated heterocycles. The molecule has 8 heteroatoms. The zero-order valence-corrected chi connectivity index (χ0v) is 13.8. The summed E-state index contributed by atoms with van der Waals surface area (Å²) in [6, 6.07) is 11.1. The first kappa shape index (κ1) is 17.5. The van der Waals surface area contributed by atoms with Gasteiger partial charge in [0.25, 0.3) is 0 Å². The number of esters is 1. The number of furan rings is 1. The van der Waals surface area contributed by atoms with Crippen molar-refractivity contribution < 1.29 is 22.4 Å². The number of hydrogen-bond donors (Lipinski definition) is 1. The van der Waals surface area contributed by atoms with Crippen LogP contribution in [-0.4, -0.2) is 28.5 Å². The summed E-state index contributed by atoms with van der Waals surface area (Å²) in [5.74, 6) is 0.0211. The number of rotatable bonds is 5. The number of nitrogens with one attached hydrogen (secondary N) is 1. The molecule has 1 N–H and O–H groups in total. The van der Waals surface area contributed by atoms with Gasteiger partial charge in [0.05, 0.1) is 12.0 Å². The third-order valence-electron chi connectivity index (χ3n) is 3.16. The van der Waals surface area contributed by atoms with E-state index >= 15 is 0 Å². The fourth-order valence-corrected chi connectivity index (χ4v) is 2.62. The molecule has 2 rings (SSSR count). The number of methoxy groups -OCH3 is 1. The van der Waals surface area contributed by atoms with E-state index < -0.39 is 16.0 Å². The SMILES string of the molecule is CNS(=O)(=O)c1ccc(-c2ccc(/C=C(\C#N)C(=O)OC)o2)cc1. The van der Waals surface area contributed by atoms with Gasteiger partial charge >= 0.3 is 5.97 Å². The van der Waals surface area contributed by atoms with Gasteiger partial charge in [0, 0.05) is 11.6 Å². The number of nitriles is 1. The molecule has 0 radical (unpaired) electrons. The second-order valence-electron chi connectivity index (χ2n) is 4.60. The van der Waals surface area contributed by atoms with Crippen LogP contribution in [-0.2, 0) is 19.6 Å². The molecule has 0 aliphatic carbocycles. The first-order chi connectivity index (χ1) is 11.4. The first-order valence-electron chi connectivity index (χ1n) is 6.75. The molecular weight excluding hydrogens is 332 g/mol. The van der Waals surface area contributed by atoms with E-state index in [1.165, 1.54) is 32.4 Å². The third-order valence-corrected chi connectivity index (χ3v) is 4.59. The molecule has 124 valence electrons. The molecule has 0 aliphatic rings. The Hall–Kier alpha value is -2.89. The molecule has 1 aromatic heterocycles. The Kier molecular flexibility index (Phi) is 5.18. The van der Waals surface area contributed by atoms with E-state index in [0.717, 1.165) is 0 Å². The highest BCUT2D eigenvalue weighted by Crippen LogP contribution is 2.24. The molecule has 24 heavy (non-hydrogen) atoms. The molecule has 0 saturated carbocycles. The molecule has 2 aromatic rings. The zero-order chi connectivity index (χ0) is 17.7. The molecular formula is C16H14N2O5S. The number of carbonyl (C=O) groups is 1. The Bertz CT molecular complexity index is 918. The van der Waals surface area contributed by atoms with Gasteiger partial charge < -0.3 is 9.15 Å². The predicted octanol–water partition coefficient (Wildman–Crippen LogP) is 1.93. The number of carbonyl (C=O) groups excluding carboxylic acids is 1. The topological polar surface area (TPSA) is 109 Å². The highest BCUT2D eigenvalue weighted by molar-refractivity contribution is 7.89. The molecule has 0 fully saturated rings. The number of hydrogen-bond acceptors (Lipinski definition) is 6. The summed E-state index contributed by atoms with van der Waals surface area (Å²) in [6.07, 6.45) is 1.27. The lowest BCUT2D eigenvalue weighted by Gasteiger charge is -2.03. The van der Waals surface area contributed by atoms with Gasteiger partial charge in [-0.3, -0.25) is 0 Å². The van der Waals surface area contributed by atoms with Crippen molar-refractivity contribution in [2.45, 2.75) is 4.90 Å². The van der Waals surface area contributed by atoms with E-state index in [-0.39, 0.29) is 10.5 Å². The van der Waals surface area contributed by atoms with Crippen LogP contribution in [0.1, 0.15) is 5.76 Å². The third kappa shape index (κ3) is 3.71. The molecule has 7 nitrogen and oxygen atoms in total. The van der Waals surface area contributed by atoms with Crippen LogP contribution >= 0.6 is 0 Å². The van der Waals surface area contributed by atoms with Crippen LogP contribution in [0.15, 0.2) is 51.3 Å². The summed E-state index contributed by atoms with van der Waals surface area (Å²) in [5, 5.41) is 8.92. The summed E-state index contributed by atoms with van der Waals surface area (Å²) in [4.78, 5) is 11.5. The maximum Gasteiger partial charge on any atom is 0.348 e. The fraction of sp³-hybridized carbons (Fsp3) is 0.125. The standard InChI is InChI=1S/C16H14N2O5S/c1-18-24(20,21)14-6-3-11(4-7-14)15-8-5-13(23-15)9-12(10-17)16(19)22-2/h3-9,18H,1-2H3/b12-9+. The first-order valence-corrected chi connectivity index (χ1v) is 8.23. The highest BCUT2D eigenvalue weighted by Gasteiger charge is 2.13. The van der Waals surface area contributed by atoms with Gasteiger partial charge in [-0.1, -0.05) is 0 Å². The summed E-state index contributed by atoms with van der Waals surface area (Å²) in [6.45, 7) is 0. The van der Waals surface area contributed by atoms with Crippen LogP contribution in [0.5, 0.6) is 0 Å². The van der Waals surface area contributed by atoms with E-state index in [1.807, 2.05) is 0 Å². The van der Waals surface area contributed by atoms with Crippen molar-refractivity contribution in [2.24, 2.45) is 0 Å². The largest absolute Gasteiger partial charge is 0.465 e. The van der Waals surface area contributed by atoms with Gasteiger partial charge in [0.1, 0.15) is 23.2 Å². The number of benzene rings is 1. The van der Waals surface area contributed by atoms with Crippen LogP contribution in [0.2, 0.25) is 0 Å². The van der Waals surface area contributed by atoms with Crippen LogP contribution < -0.4 is 4.72 Å². The summed E-state index contributed by atoms with van der Waals surface area (Å²) in [7, 11) is -0.983. The second kappa shape index (κ2) is 7.12. The van der Waals surface area contributed by atoms with Crippen molar-refractivity contribution in [1.29, 1.82) is 5.26 Å². The van der Waals surface area contributed by atoms with Crippen LogP contribution in [0.4, 0.5) is 0 Å². The maximum absolute atomic E-state index is 11.7. The lowest BCUT2D eigenvalue weighted by Crippen LogP contribution is -2.18. The number of ether oxygens (including phenoxy) is 1. The Labute approximate surface area is 139 Å². The molecule has 0 bridgehead atoms. The van der Waals surface area contributed by atoms with Gasteiger partial charge in [-0.25, -0.2) is 17.9 Å². The minimum Gasteiger partial charge on any atom is -0.465 e. The van der Waals surface area contributed by atoms with Crippen LogP contribution in [0.25, 0.3) is 17.4 Å². The minimum atomic E-state index is -3.50. The smallest absolute Gasteiger partial charge is 0.348 e. The van der Waals surface area contributed by atoms with E-state index in [1.54, 1.807) is 30.3 Å². The van der Waals surface area contributed by atoms with Gasteiger partial charge in [-0.2, -0.15) is 5.26 Å². The van der Waals surface area contributed by atoms with Crippen molar-refractivity contribution in [3.05, 3.63) is 47.7 Å². The van der Waals surface area contributed by atoms with Crippen LogP contribution in [0, 0.1) is 11.3 Å². The van der Waals surface area contributed by atoms with Crippen molar-refractivity contribution >= 4 is 22.1 Å². The number of nitrogens with zero attached hydrogens (tertiary/aromatic N) is 1. The molecule has 0 amide bonds. The average Bonchev–Trinajstić information content (AvgIpc) is 3.07. The Morgan fingerprint density at radius 1 is 1.25 bits per heavy atom. The van der Waals surface area contributed by atoms with Gasteiger partial charge in [0.15, 0.2) is 0 Å². The predicted molar refractivity (Wildman–Crippen MR) is 86.0 cm³/mol. The Morgan fingerprint density at radius 3 is 2.46 bits per heavy atom. The Morgan fingerprint density at radius 2 is 1.92 bits per heavy atom. The van der Waals surface area contributed by atoms with E-state index in [0.29, 0.717) is 17.1 Å². The molecule has 0 atom stereocenters. The average molecular weight is 346 g/mol. The zero-order valence-electron chi connectivity index (χ0n) is 12.9. The van der Waals surface area contributed by atoms with E-state index in [9.17, 15) is 13.2 Å². The maximum atomic E-state index is 11.7.